The molecule has 3 rings (SSSR count). The molecular weight excluding hydrogens is 229 g/mol. The Morgan fingerprint density at radius 1 is 1.33 bits per heavy atom. The van der Waals surface area contributed by atoms with Crippen LogP contribution in [0, 0.1) is 11.7 Å². The number of likely N-dealkylation sites (tertiary alicyclic amines) is 1. The van der Waals surface area contributed by atoms with Crippen LogP contribution in [-0.4, -0.2) is 38.1 Å². The maximum Gasteiger partial charge on any atom is 0.125 e. The lowest BCUT2D eigenvalue weighted by molar-refractivity contribution is 0.154. The van der Waals surface area contributed by atoms with E-state index in [1.54, 1.807) is 6.07 Å². The molecule has 1 aromatic carbocycles. The molecule has 2 heterocycles. The maximum absolute atomic E-state index is 13.4. The summed E-state index contributed by atoms with van der Waals surface area (Å²) in [7, 11) is 4.20. The molecular formula is C14H20FN3. The van der Waals surface area contributed by atoms with Gasteiger partial charge in [0.2, 0.25) is 0 Å². The molecule has 0 amide bonds. The van der Waals surface area contributed by atoms with E-state index in [0.717, 1.165) is 30.8 Å². The molecule has 1 fully saturated rings. The average Bonchev–Trinajstić information content (AvgIpc) is 2.36. The normalized spacial score (nSPS) is 32.0. The largest absolute Gasteiger partial charge is 0.371 e. The number of nitrogens with two attached hydrogens (primary N) is 1. The highest BCUT2D eigenvalue weighted by Gasteiger charge is 2.40. The monoisotopic (exact) mass is 249 g/mol. The zero-order valence-corrected chi connectivity index (χ0v) is 10.9. The predicted molar refractivity (Wildman–Crippen MR) is 71.1 cm³/mol. The molecule has 4 heteroatoms. The van der Waals surface area contributed by atoms with E-state index in [4.69, 9.17) is 5.73 Å². The highest BCUT2D eigenvalue weighted by molar-refractivity contribution is 5.58. The van der Waals surface area contributed by atoms with E-state index in [1.165, 1.54) is 6.07 Å². The van der Waals surface area contributed by atoms with Crippen LogP contribution < -0.4 is 10.6 Å². The lowest BCUT2D eigenvalue weighted by Gasteiger charge is -2.49. The van der Waals surface area contributed by atoms with Crippen molar-refractivity contribution in [3.05, 3.63) is 29.6 Å². The highest BCUT2D eigenvalue weighted by Crippen LogP contribution is 2.41. The van der Waals surface area contributed by atoms with Gasteiger partial charge >= 0.3 is 0 Å². The van der Waals surface area contributed by atoms with Crippen LogP contribution >= 0.6 is 0 Å². The predicted octanol–water partition coefficient (Wildman–Crippen LogP) is 1.60. The summed E-state index contributed by atoms with van der Waals surface area (Å²) in [5, 5.41) is 0. The van der Waals surface area contributed by atoms with Gasteiger partial charge in [0.1, 0.15) is 5.82 Å². The average molecular weight is 249 g/mol. The van der Waals surface area contributed by atoms with Crippen molar-refractivity contribution in [1.29, 1.82) is 0 Å². The first-order valence-electron chi connectivity index (χ1n) is 6.54. The zero-order valence-electron chi connectivity index (χ0n) is 10.9. The number of nitrogens with zero attached hydrogens (tertiary/aromatic N) is 2. The molecule has 0 radical (unpaired) electrons. The third-order valence-corrected chi connectivity index (χ3v) is 4.51. The van der Waals surface area contributed by atoms with Crippen molar-refractivity contribution in [1.82, 2.24) is 4.90 Å². The molecule has 0 aliphatic carbocycles. The Kier molecular flexibility index (Phi) is 2.79. The van der Waals surface area contributed by atoms with Crippen molar-refractivity contribution in [3.8, 4) is 0 Å². The number of piperidine rings is 1. The molecule has 2 aliphatic heterocycles. The van der Waals surface area contributed by atoms with E-state index in [-0.39, 0.29) is 11.9 Å². The van der Waals surface area contributed by atoms with Crippen LogP contribution in [0.15, 0.2) is 18.2 Å². The standard InChI is InChI=1S/C14H20FN3/c1-17-6-5-12-11(8-17)14(16)10-4-3-9(15)7-13(10)18(12)2/h3-4,7,11-12,14H,5-6,8,16H2,1-2H3. The van der Waals surface area contributed by atoms with Crippen LogP contribution in [0.25, 0.3) is 0 Å². The van der Waals surface area contributed by atoms with Gasteiger partial charge in [-0.05, 0) is 37.7 Å². The SMILES string of the molecule is CN1CCC2C(C1)C(N)c1ccc(F)cc1N2C. The van der Waals surface area contributed by atoms with Gasteiger partial charge in [-0.1, -0.05) is 6.07 Å². The smallest absolute Gasteiger partial charge is 0.125 e. The van der Waals surface area contributed by atoms with Gasteiger partial charge in [-0.3, -0.25) is 0 Å². The number of halogens is 1. The lowest BCUT2D eigenvalue weighted by atomic mass is 9.78. The third kappa shape index (κ3) is 1.71. The van der Waals surface area contributed by atoms with E-state index in [9.17, 15) is 4.39 Å². The summed E-state index contributed by atoms with van der Waals surface area (Å²) in [5.41, 5.74) is 8.44. The van der Waals surface area contributed by atoms with Gasteiger partial charge in [0, 0.05) is 37.3 Å². The Morgan fingerprint density at radius 2 is 2.11 bits per heavy atom. The number of fused-ring (bicyclic) bond motifs is 2. The third-order valence-electron chi connectivity index (χ3n) is 4.51. The molecule has 0 aromatic heterocycles. The molecule has 3 atom stereocenters. The molecule has 98 valence electrons. The number of anilines is 1. The van der Waals surface area contributed by atoms with Crippen LogP contribution in [0.2, 0.25) is 0 Å². The van der Waals surface area contributed by atoms with Crippen molar-refractivity contribution in [2.24, 2.45) is 11.7 Å². The molecule has 2 N–H and O–H groups in total. The Morgan fingerprint density at radius 3 is 2.89 bits per heavy atom. The van der Waals surface area contributed by atoms with Gasteiger partial charge in [-0.15, -0.1) is 0 Å². The Balaban J connectivity index is 2.03. The van der Waals surface area contributed by atoms with Crippen molar-refractivity contribution in [2.45, 2.75) is 18.5 Å². The van der Waals surface area contributed by atoms with Gasteiger partial charge in [0.25, 0.3) is 0 Å². The van der Waals surface area contributed by atoms with Crippen molar-refractivity contribution in [3.63, 3.8) is 0 Å². The second-order valence-electron chi connectivity index (χ2n) is 5.62. The topological polar surface area (TPSA) is 32.5 Å². The minimum atomic E-state index is -0.181. The fourth-order valence-corrected chi connectivity index (χ4v) is 3.49. The van der Waals surface area contributed by atoms with Crippen molar-refractivity contribution >= 4 is 5.69 Å². The maximum atomic E-state index is 13.4. The lowest BCUT2D eigenvalue weighted by Crippen LogP contribution is -2.55. The Bertz CT molecular complexity index is 462. The minimum Gasteiger partial charge on any atom is -0.371 e. The first-order valence-corrected chi connectivity index (χ1v) is 6.54. The highest BCUT2D eigenvalue weighted by atomic mass is 19.1. The molecule has 18 heavy (non-hydrogen) atoms. The summed E-state index contributed by atoms with van der Waals surface area (Å²) in [6, 6.07) is 5.43. The summed E-state index contributed by atoms with van der Waals surface area (Å²) in [6.07, 6.45) is 1.10. The van der Waals surface area contributed by atoms with Crippen LogP contribution in [0.5, 0.6) is 0 Å². The first-order chi connectivity index (χ1) is 8.58. The fraction of sp³-hybridized carbons (Fsp3) is 0.571. The van der Waals surface area contributed by atoms with Crippen LogP contribution in [0.1, 0.15) is 18.0 Å². The molecule has 2 aliphatic rings. The first kappa shape index (κ1) is 11.9. The Hall–Kier alpha value is -1.13. The fourth-order valence-electron chi connectivity index (χ4n) is 3.49. The molecule has 3 nitrogen and oxygen atoms in total. The molecule has 1 saturated heterocycles. The quantitative estimate of drug-likeness (QED) is 0.758. The molecule has 1 aromatic rings. The summed E-state index contributed by atoms with van der Waals surface area (Å²) in [5.74, 6) is 0.255. The van der Waals surface area contributed by atoms with E-state index < -0.39 is 0 Å². The number of rotatable bonds is 0. The molecule has 0 saturated carbocycles. The van der Waals surface area contributed by atoms with E-state index in [1.807, 2.05) is 6.07 Å². The summed E-state index contributed by atoms with van der Waals surface area (Å²) in [6.45, 7) is 2.11. The van der Waals surface area contributed by atoms with Gasteiger partial charge in [0.05, 0.1) is 0 Å². The molecule has 3 unspecified atom stereocenters. The second kappa shape index (κ2) is 4.21. The van der Waals surface area contributed by atoms with Gasteiger partial charge < -0.3 is 15.5 Å². The van der Waals surface area contributed by atoms with Crippen LogP contribution in [0.3, 0.4) is 0 Å². The summed E-state index contributed by atoms with van der Waals surface area (Å²) in [4.78, 5) is 4.56. The van der Waals surface area contributed by atoms with E-state index in [0.29, 0.717) is 12.0 Å². The summed E-state index contributed by atoms with van der Waals surface area (Å²) < 4.78 is 13.4. The van der Waals surface area contributed by atoms with Gasteiger partial charge in [-0.25, -0.2) is 4.39 Å². The number of hydrogen-bond donors (Lipinski definition) is 1. The van der Waals surface area contributed by atoms with E-state index in [2.05, 4.69) is 23.9 Å². The number of hydrogen-bond acceptors (Lipinski definition) is 3. The molecule has 0 bridgehead atoms. The Labute approximate surface area is 107 Å². The van der Waals surface area contributed by atoms with Gasteiger partial charge in [-0.2, -0.15) is 0 Å². The second-order valence-corrected chi connectivity index (χ2v) is 5.62. The van der Waals surface area contributed by atoms with Crippen molar-refractivity contribution in [2.75, 3.05) is 32.1 Å². The van der Waals surface area contributed by atoms with Crippen LogP contribution in [0.4, 0.5) is 10.1 Å². The van der Waals surface area contributed by atoms with Crippen LogP contribution in [-0.2, 0) is 0 Å². The van der Waals surface area contributed by atoms with Gasteiger partial charge in [0.15, 0.2) is 0 Å². The van der Waals surface area contributed by atoms with E-state index >= 15 is 0 Å². The number of benzene rings is 1. The summed E-state index contributed by atoms with van der Waals surface area (Å²) >= 11 is 0. The molecule has 0 spiro atoms. The zero-order chi connectivity index (χ0) is 12.9. The van der Waals surface area contributed by atoms with Crippen molar-refractivity contribution < 1.29 is 4.39 Å². The minimum absolute atomic E-state index is 0.0181.